The van der Waals surface area contributed by atoms with Crippen LogP contribution in [0.25, 0.3) is 0 Å². The summed E-state index contributed by atoms with van der Waals surface area (Å²) in [7, 11) is 0. The lowest BCUT2D eigenvalue weighted by atomic mass is 10.1. The van der Waals surface area contributed by atoms with Crippen molar-refractivity contribution in [3.8, 4) is 11.5 Å². The van der Waals surface area contributed by atoms with Gasteiger partial charge in [0.25, 0.3) is 0 Å². The second-order valence-electron chi connectivity index (χ2n) is 5.53. The SMILES string of the molecule is Cc1[nH]c(C)c(C(=O)Oc2ccccc2)c1C(=O)Oc1ccccc1. The Morgan fingerprint density at radius 3 is 1.40 bits per heavy atom. The van der Waals surface area contributed by atoms with E-state index in [0.29, 0.717) is 22.9 Å². The lowest BCUT2D eigenvalue weighted by Crippen LogP contribution is -2.17. The summed E-state index contributed by atoms with van der Waals surface area (Å²) >= 11 is 0. The molecule has 0 aliphatic heterocycles. The smallest absolute Gasteiger partial charge is 0.346 e. The summed E-state index contributed by atoms with van der Waals surface area (Å²) in [4.78, 5) is 28.2. The van der Waals surface area contributed by atoms with Crippen molar-refractivity contribution in [2.75, 3.05) is 0 Å². The largest absolute Gasteiger partial charge is 0.423 e. The van der Waals surface area contributed by atoms with Crippen LogP contribution in [0, 0.1) is 13.8 Å². The predicted molar refractivity (Wildman–Crippen MR) is 93.1 cm³/mol. The van der Waals surface area contributed by atoms with Gasteiger partial charge in [-0.25, -0.2) is 9.59 Å². The molecule has 3 aromatic rings. The fraction of sp³-hybridized carbons (Fsp3) is 0.100. The van der Waals surface area contributed by atoms with Crippen molar-refractivity contribution in [3.63, 3.8) is 0 Å². The summed E-state index contributed by atoms with van der Waals surface area (Å²) in [5.74, 6) is -0.387. The summed E-state index contributed by atoms with van der Waals surface area (Å²) in [6.07, 6.45) is 0. The van der Waals surface area contributed by atoms with Crippen LogP contribution in [0.15, 0.2) is 60.7 Å². The Morgan fingerprint density at radius 2 is 1.04 bits per heavy atom. The van der Waals surface area contributed by atoms with Crippen molar-refractivity contribution in [2.45, 2.75) is 13.8 Å². The van der Waals surface area contributed by atoms with Crippen molar-refractivity contribution in [3.05, 3.63) is 83.2 Å². The third kappa shape index (κ3) is 3.61. The Labute approximate surface area is 145 Å². The molecule has 1 aromatic heterocycles. The zero-order chi connectivity index (χ0) is 17.8. The number of aromatic amines is 1. The van der Waals surface area contributed by atoms with E-state index in [1.807, 2.05) is 12.1 Å². The molecule has 1 heterocycles. The van der Waals surface area contributed by atoms with Crippen LogP contribution in [0.3, 0.4) is 0 Å². The Kier molecular flexibility index (Phi) is 4.66. The Balaban J connectivity index is 1.90. The number of ether oxygens (including phenoxy) is 2. The highest BCUT2D eigenvalue weighted by atomic mass is 16.5. The number of esters is 2. The molecule has 0 fully saturated rings. The van der Waals surface area contributed by atoms with Gasteiger partial charge in [0.2, 0.25) is 0 Å². The van der Waals surface area contributed by atoms with Crippen LogP contribution in [-0.4, -0.2) is 16.9 Å². The number of hydrogen-bond acceptors (Lipinski definition) is 4. The summed E-state index contributed by atoms with van der Waals surface area (Å²) < 4.78 is 10.7. The van der Waals surface area contributed by atoms with E-state index < -0.39 is 11.9 Å². The van der Waals surface area contributed by atoms with Gasteiger partial charge in [0.05, 0.1) is 11.1 Å². The molecule has 0 aliphatic carbocycles. The van der Waals surface area contributed by atoms with E-state index in [1.54, 1.807) is 62.4 Å². The number of hydrogen-bond donors (Lipinski definition) is 1. The molecule has 126 valence electrons. The Hall–Kier alpha value is -3.34. The van der Waals surface area contributed by atoms with E-state index in [-0.39, 0.29) is 11.1 Å². The number of rotatable bonds is 4. The number of carbonyl (C=O) groups excluding carboxylic acids is 2. The van der Waals surface area contributed by atoms with Crippen LogP contribution in [0.1, 0.15) is 32.1 Å². The number of carbonyl (C=O) groups is 2. The van der Waals surface area contributed by atoms with Crippen LogP contribution < -0.4 is 9.47 Å². The number of benzene rings is 2. The minimum absolute atomic E-state index is 0.183. The molecule has 0 saturated carbocycles. The quantitative estimate of drug-likeness (QED) is 0.576. The van der Waals surface area contributed by atoms with E-state index >= 15 is 0 Å². The first-order chi connectivity index (χ1) is 12.1. The zero-order valence-corrected chi connectivity index (χ0v) is 13.9. The van der Waals surface area contributed by atoms with Gasteiger partial charge in [-0.1, -0.05) is 36.4 Å². The summed E-state index contributed by atoms with van der Waals surface area (Å²) in [6.45, 7) is 3.43. The molecule has 0 unspecified atom stereocenters. The molecular weight excluding hydrogens is 318 g/mol. The molecule has 2 aromatic carbocycles. The first-order valence-corrected chi connectivity index (χ1v) is 7.80. The maximum atomic E-state index is 12.6. The molecule has 5 heteroatoms. The van der Waals surface area contributed by atoms with Gasteiger partial charge >= 0.3 is 11.9 Å². The van der Waals surface area contributed by atoms with E-state index in [2.05, 4.69) is 4.98 Å². The topological polar surface area (TPSA) is 68.4 Å². The molecule has 0 bridgehead atoms. The monoisotopic (exact) mass is 335 g/mol. The third-order valence-electron chi connectivity index (χ3n) is 3.69. The van der Waals surface area contributed by atoms with Crippen LogP contribution in [0.2, 0.25) is 0 Å². The van der Waals surface area contributed by atoms with Crippen LogP contribution >= 0.6 is 0 Å². The van der Waals surface area contributed by atoms with Gasteiger partial charge in [-0.3, -0.25) is 0 Å². The van der Waals surface area contributed by atoms with Crippen LogP contribution in [0.5, 0.6) is 11.5 Å². The van der Waals surface area contributed by atoms with E-state index in [1.165, 1.54) is 0 Å². The van der Waals surface area contributed by atoms with Gasteiger partial charge in [0.1, 0.15) is 11.5 Å². The van der Waals surface area contributed by atoms with Gasteiger partial charge in [0, 0.05) is 11.4 Å². The van der Waals surface area contributed by atoms with Crippen molar-refractivity contribution < 1.29 is 19.1 Å². The fourth-order valence-electron chi connectivity index (χ4n) is 2.58. The molecule has 1 N–H and O–H groups in total. The van der Waals surface area contributed by atoms with Crippen molar-refractivity contribution in [1.29, 1.82) is 0 Å². The number of nitrogens with one attached hydrogen (secondary N) is 1. The first-order valence-electron chi connectivity index (χ1n) is 7.80. The van der Waals surface area contributed by atoms with Crippen molar-refractivity contribution in [1.82, 2.24) is 4.98 Å². The van der Waals surface area contributed by atoms with Gasteiger partial charge in [0.15, 0.2) is 0 Å². The lowest BCUT2D eigenvalue weighted by Gasteiger charge is -2.08. The predicted octanol–water partition coefficient (Wildman–Crippen LogP) is 4.07. The van der Waals surface area contributed by atoms with Crippen molar-refractivity contribution >= 4 is 11.9 Å². The normalized spacial score (nSPS) is 10.3. The van der Waals surface area contributed by atoms with Gasteiger partial charge in [-0.05, 0) is 38.1 Å². The lowest BCUT2D eigenvalue weighted by molar-refractivity contribution is 0.0692. The fourth-order valence-corrected chi connectivity index (χ4v) is 2.58. The number of aromatic nitrogens is 1. The molecule has 0 spiro atoms. The average molecular weight is 335 g/mol. The molecule has 0 atom stereocenters. The standard InChI is InChI=1S/C20H17NO4/c1-13-17(19(22)24-15-9-5-3-6-10-15)18(14(2)21-13)20(23)25-16-11-7-4-8-12-16/h3-12,21H,1-2H3. The highest BCUT2D eigenvalue weighted by Crippen LogP contribution is 2.23. The highest BCUT2D eigenvalue weighted by Gasteiger charge is 2.27. The minimum Gasteiger partial charge on any atom is -0.423 e. The molecule has 0 radical (unpaired) electrons. The van der Waals surface area contributed by atoms with Crippen LogP contribution in [0.4, 0.5) is 0 Å². The molecule has 0 amide bonds. The van der Waals surface area contributed by atoms with Crippen LogP contribution in [-0.2, 0) is 0 Å². The van der Waals surface area contributed by atoms with E-state index in [4.69, 9.17) is 9.47 Å². The maximum absolute atomic E-state index is 12.6. The van der Waals surface area contributed by atoms with E-state index in [0.717, 1.165) is 0 Å². The first kappa shape index (κ1) is 16.5. The summed E-state index contributed by atoms with van der Waals surface area (Å²) in [6, 6.07) is 17.4. The average Bonchev–Trinajstić information content (AvgIpc) is 2.91. The minimum atomic E-state index is -0.604. The molecule has 0 saturated heterocycles. The number of aryl methyl sites for hydroxylation is 2. The molecule has 5 nitrogen and oxygen atoms in total. The van der Waals surface area contributed by atoms with Gasteiger partial charge in [-0.15, -0.1) is 0 Å². The molecular formula is C20H17NO4. The Morgan fingerprint density at radius 1 is 0.680 bits per heavy atom. The zero-order valence-electron chi connectivity index (χ0n) is 13.9. The summed E-state index contributed by atoms with van der Waals surface area (Å²) in [5.41, 5.74) is 1.47. The third-order valence-corrected chi connectivity index (χ3v) is 3.69. The molecule has 3 rings (SSSR count). The number of para-hydroxylation sites is 2. The number of H-pyrrole nitrogens is 1. The highest BCUT2D eigenvalue weighted by molar-refractivity contribution is 6.06. The molecule has 0 aliphatic rings. The van der Waals surface area contributed by atoms with Crippen molar-refractivity contribution in [2.24, 2.45) is 0 Å². The second-order valence-corrected chi connectivity index (χ2v) is 5.53. The van der Waals surface area contributed by atoms with Gasteiger partial charge < -0.3 is 14.5 Å². The second kappa shape index (κ2) is 7.05. The van der Waals surface area contributed by atoms with Gasteiger partial charge in [-0.2, -0.15) is 0 Å². The molecule has 25 heavy (non-hydrogen) atoms. The van der Waals surface area contributed by atoms with E-state index in [9.17, 15) is 9.59 Å². The Bertz CT molecular complexity index is 824. The maximum Gasteiger partial charge on any atom is 0.346 e. The summed E-state index contributed by atoms with van der Waals surface area (Å²) in [5, 5.41) is 0.